The second-order valence-electron chi connectivity index (χ2n) is 10.8. The molecule has 0 radical (unpaired) electrons. The number of ether oxygens (including phenoxy) is 4. The number of rotatable bonds is 15. The van der Waals surface area contributed by atoms with Gasteiger partial charge in [-0.15, -0.1) is 0 Å². The van der Waals surface area contributed by atoms with E-state index in [-0.39, 0.29) is 38.2 Å². The molecule has 0 saturated heterocycles. The first kappa shape index (κ1) is 33.2. The Morgan fingerprint density at radius 2 is 1.74 bits per heavy atom. The van der Waals surface area contributed by atoms with E-state index in [1.807, 2.05) is 71.0 Å². The van der Waals surface area contributed by atoms with Crippen LogP contribution in [0.25, 0.3) is 0 Å². The Bertz CT molecular complexity index is 1200. The van der Waals surface area contributed by atoms with Gasteiger partial charge in [0, 0.05) is 26.5 Å². The summed E-state index contributed by atoms with van der Waals surface area (Å²) in [5.74, 6) is -0.111. The number of nitrogens with zero attached hydrogens (tertiary/aromatic N) is 1. The number of carboxylic acids is 1. The lowest BCUT2D eigenvalue weighted by atomic mass is 9.74. The normalized spacial score (nSPS) is 20.1. The van der Waals surface area contributed by atoms with Crippen LogP contribution in [-0.2, 0) is 14.3 Å². The molecule has 3 N–H and O–H groups in total. The van der Waals surface area contributed by atoms with Gasteiger partial charge in [0.25, 0.3) is 0 Å². The molecule has 1 saturated carbocycles. The van der Waals surface area contributed by atoms with Crippen LogP contribution in [0.3, 0.4) is 0 Å². The van der Waals surface area contributed by atoms with Crippen molar-refractivity contribution in [1.29, 1.82) is 0 Å². The maximum absolute atomic E-state index is 13.9. The lowest BCUT2D eigenvalue weighted by Crippen LogP contribution is -2.66. The number of amides is 2. The summed E-state index contributed by atoms with van der Waals surface area (Å²) < 4.78 is 23.3. The zero-order valence-electron chi connectivity index (χ0n) is 25.8. The fourth-order valence-corrected chi connectivity index (χ4v) is 5.48. The summed E-state index contributed by atoms with van der Waals surface area (Å²) in [5, 5.41) is 23.4. The Labute approximate surface area is 248 Å². The summed E-state index contributed by atoms with van der Waals surface area (Å²) in [7, 11) is 1.53. The molecular weight excluding hydrogens is 540 g/mol. The van der Waals surface area contributed by atoms with Crippen LogP contribution in [0.4, 0.5) is 4.79 Å². The Morgan fingerprint density at radius 1 is 1.10 bits per heavy atom. The van der Waals surface area contributed by atoms with Crippen LogP contribution < -0.4 is 14.8 Å². The third-order valence-electron chi connectivity index (χ3n) is 7.97. The molecule has 0 aromatic heterocycles. The molecule has 2 aromatic rings. The van der Waals surface area contributed by atoms with Crippen molar-refractivity contribution in [1.82, 2.24) is 10.2 Å². The summed E-state index contributed by atoms with van der Waals surface area (Å²) in [6, 6.07) is 10.6. The first-order valence-electron chi connectivity index (χ1n) is 14.6. The average molecular weight is 587 g/mol. The van der Waals surface area contributed by atoms with Gasteiger partial charge in [0.2, 0.25) is 0 Å². The number of hydrogen-bond acceptors (Lipinski definition) is 7. The fraction of sp³-hybridized carbons (Fsp3) is 0.562. The predicted octanol–water partition coefficient (Wildman–Crippen LogP) is 5.33. The molecule has 2 aromatic carbocycles. The van der Waals surface area contributed by atoms with Crippen molar-refractivity contribution in [3.63, 3.8) is 0 Å². The van der Waals surface area contributed by atoms with Gasteiger partial charge >= 0.3 is 12.0 Å². The number of urea groups is 1. The molecule has 232 valence electrons. The monoisotopic (exact) mass is 586 g/mol. The molecular formula is C32H46N2O8. The van der Waals surface area contributed by atoms with E-state index in [9.17, 15) is 19.8 Å². The maximum Gasteiger partial charge on any atom is 0.329 e. The largest absolute Gasteiger partial charge is 0.493 e. The van der Waals surface area contributed by atoms with Crippen LogP contribution >= 0.6 is 0 Å². The van der Waals surface area contributed by atoms with Crippen LogP contribution in [0, 0.1) is 6.92 Å². The third kappa shape index (κ3) is 7.35. The summed E-state index contributed by atoms with van der Waals surface area (Å²) in [6.45, 7) is 12.3. The van der Waals surface area contributed by atoms with E-state index in [0.717, 1.165) is 16.7 Å². The van der Waals surface area contributed by atoms with Crippen molar-refractivity contribution in [3.8, 4) is 11.5 Å². The number of aliphatic hydroxyl groups is 1. The Kier molecular flexibility index (Phi) is 11.6. The topological polar surface area (TPSA) is 127 Å². The molecule has 0 aliphatic heterocycles. The van der Waals surface area contributed by atoms with Crippen LogP contribution in [0.5, 0.6) is 11.5 Å². The van der Waals surface area contributed by atoms with E-state index in [1.54, 1.807) is 11.8 Å². The highest BCUT2D eigenvalue weighted by atomic mass is 16.5. The molecule has 0 heterocycles. The number of aliphatic carboxylic acids is 1. The quantitative estimate of drug-likeness (QED) is 0.256. The van der Waals surface area contributed by atoms with Gasteiger partial charge in [-0.05, 0) is 64.3 Å². The van der Waals surface area contributed by atoms with Crippen LogP contribution in [0.1, 0.15) is 88.0 Å². The second-order valence-corrected chi connectivity index (χ2v) is 10.8. The van der Waals surface area contributed by atoms with Crippen molar-refractivity contribution in [2.24, 2.45) is 0 Å². The highest BCUT2D eigenvalue weighted by molar-refractivity contribution is 5.87. The summed E-state index contributed by atoms with van der Waals surface area (Å²) in [6.07, 6.45) is -0.919. The lowest BCUT2D eigenvalue weighted by molar-refractivity contribution is -0.155. The van der Waals surface area contributed by atoms with E-state index in [0.29, 0.717) is 30.3 Å². The average Bonchev–Trinajstić information content (AvgIpc) is 2.94. The second kappa shape index (κ2) is 14.7. The number of methoxy groups -OCH3 is 1. The van der Waals surface area contributed by atoms with Gasteiger partial charge in [0.05, 0.1) is 49.7 Å². The molecule has 10 nitrogen and oxygen atoms in total. The standard InChI is InChI=1S/C32H46N2O8/c1-8-40-27-17-26(20(3)29(41-9-2)28(27)22(5)35)21(4)34(15-16-42-23(6)24-13-11-10-12-14-24)31(38)33-32(30(36)37)18-25(19-32)39-7/h10-14,17,21-23,25,35H,8-9,15-16,18-19H2,1-7H3,(H,33,38)(H,36,37)/t21-,22?,23+,25?,32?/m1/s1. The zero-order valence-corrected chi connectivity index (χ0v) is 25.8. The minimum atomic E-state index is -1.41. The SMILES string of the molecule is CCOc1cc([C@@H](C)N(CCO[C@@H](C)c2ccccc2)C(=O)NC2(C(=O)O)CC(OC)C2)c(C)c(OCC)c1C(C)O. The molecule has 1 aliphatic carbocycles. The smallest absolute Gasteiger partial charge is 0.329 e. The Morgan fingerprint density at radius 3 is 2.29 bits per heavy atom. The number of benzene rings is 2. The van der Waals surface area contributed by atoms with Crippen molar-refractivity contribution in [2.75, 3.05) is 33.5 Å². The zero-order chi connectivity index (χ0) is 31.0. The van der Waals surface area contributed by atoms with Gasteiger partial charge in [-0.2, -0.15) is 0 Å². The first-order chi connectivity index (χ1) is 20.0. The van der Waals surface area contributed by atoms with Gasteiger partial charge in [-0.3, -0.25) is 0 Å². The van der Waals surface area contributed by atoms with E-state index in [4.69, 9.17) is 18.9 Å². The first-order valence-corrected chi connectivity index (χ1v) is 14.6. The van der Waals surface area contributed by atoms with E-state index >= 15 is 0 Å². The number of aliphatic hydroxyl groups excluding tert-OH is 1. The third-order valence-corrected chi connectivity index (χ3v) is 7.97. The number of hydrogen-bond donors (Lipinski definition) is 3. The van der Waals surface area contributed by atoms with E-state index in [2.05, 4.69) is 5.32 Å². The van der Waals surface area contributed by atoms with Crippen molar-refractivity contribution in [2.45, 2.75) is 84.3 Å². The van der Waals surface area contributed by atoms with Gasteiger partial charge in [0.1, 0.15) is 17.0 Å². The number of carboxylic acid groups (broad SMARTS) is 1. The summed E-state index contributed by atoms with van der Waals surface area (Å²) in [4.78, 5) is 27.7. The molecule has 0 bridgehead atoms. The lowest BCUT2D eigenvalue weighted by Gasteiger charge is -2.45. The fourth-order valence-electron chi connectivity index (χ4n) is 5.48. The Hall–Kier alpha value is -3.34. The molecule has 1 fully saturated rings. The van der Waals surface area contributed by atoms with E-state index < -0.39 is 29.7 Å². The molecule has 0 spiro atoms. The van der Waals surface area contributed by atoms with Gasteiger partial charge in [-0.1, -0.05) is 30.3 Å². The molecule has 3 atom stereocenters. The van der Waals surface area contributed by atoms with Crippen molar-refractivity contribution < 1.29 is 38.7 Å². The minimum Gasteiger partial charge on any atom is -0.493 e. The molecule has 10 heteroatoms. The minimum absolute atomic E-state index is 0.180. The van der Waals surface area contributed by atoms with Gasteiger partial charge in [0.15, 0.2) is 0 Å². The van der Waals surface area contributed by atoms with E-state index in [1.165, 1.54) is 7.11 Å². The van der Waals surface area contributed by atoms with Crippen molar-refractivity contribution in [3.05, 3.63) is 58.7 Å². The molecule has 42 heavy (non-hydrogen) atoms. The molecule has 1 unspecified atom stereocenters. The Balaban J connectivity index is 1.97. The number of nitrogens with one attached hydrogen (secondary N) is 1. The summed E-state index contributed by atoms with van der Waals surface area (Å²) >= 11 is 0. The maximum atomic E-state index is 13.9. The molecule has 2 amide bonds. The number of carbonyl (C=O) groups excluding carboxylic acids is 1. The summed E-state index contributed by atoms with van der Waals surface area (Å²) in [5.41, 5.74) is 1.67. The van der Waals surface area contributed by atoms with Gasteiger partial charge < -0.3 is 39.4 Å². The van der Waals surface area contributed by atoms with Crippen LogP contribution in [-0.4, -0.2) is 72.2 Å². The van der Waals surface area contributed by atoms with Crippen molar-refractivity contribution >= 4 is 12.0 Å². The van der Waals surface area contributed by atoms with Gasteiger partial charge in [-0.25, -0.2) is 9.59 Å². The highest BCUT2D eigenvalue weighted by Crippen LogP contribution is 2.42. The number of carbonyl (C=O) groups is 2. The molecule has 3 rings (SSSR count). The molecule has 1 aliphatic rings. The van der Waals surface area contributed by atoms with Crippen LogP contribution in [0.15, 0.2) is 36.4 Å². The predicted molar refractivity (Wildman–Crippen MR) is 159 cm³/mol. The highest BCUT2D eigenvalue weighted by Gasteiger charge is 2.52. The van der Waals surface area contributed by atoms with Crippen LogP contribution in [0.2, 0.25) is 0 Å².